The summed E-state index contributed by atoms with van der Waals surface area (Å²) in [6, 6.07) is 7.79. The number of hydrogen-bond donors (Lipinski definition) is 0. The van der Waals surface area contributed by atoms with Gasteiger partial charge in [-0.05, 0) is 31.9 Å². The Labute approximate surface area is 144 Å². The number of fused-ring (bicyclic) bond motifs is 1. The van der Waals surface area contributed by atoms with E-state index in [0.29, 0.717) is 18.2 Å². The first-order valence-corrected chi connectivity index (χ1v) is 8.32. The molecule has 1 aliphatic heterocycles. The maximum atomic E-state index is 12.6. The molecule has 7 heteroatoms. The van der Waals surface area contributed by atoms with Crippen LogP contribution in [0, 0.1) is 0 Å². The van der Waals surface area contributed by atoms with Crippen molar-refractivity contribution in [3.63, 3.8) is 0 Å². The second-order valence-corrected chi connectivity index (χ2v) is 6.13. The van der Waals surface area contributed by atoms with Gasteiger partial charge in [0.05, 0.1) is 11.0 Å². The smallest absolute Gasteiger partial charge is 0.361 e. The Bertz CT molecular complexity index is 908. The number of rotatable bonds is 4. The van der Waals surface area contributed by atoms with Crippen LogP contribution in [-0.4, -0.2) is 27.1 Å². The lowest BCUT2D eigenvalue weighted by atomic mass is 10.1. The van der Waals surface area contributed by atoms with E-state index in [-0.39, 0.29) is 11.8 Å². The molecule has 1 fully saturated rings. The van der Waals surface area contributed by atoms with Crippen molar-refractivity contribution in [2.45, 2.75) is 32.0 Å². The van der Waals surface area contributed by atoms with Crippen molar-refractivity contribution in [1.82, 2.24) is 14.5 Å². The van der Waals surface area contributed by atoms with E-state index in [2.05, 4.69) is 9.97 Å². The Morgan fingerprint density at radius 2 is 2.24 bits per heavy atom. The highest BCUT2D eigenvalue weighted by atomic mass is 16.5. The van der Waals surface area contributed by atoms with Gasteiger partial charge in [0.2, 0.25) is 0 Å². The minimum atomic E-state index is -0.529. The van der Waals surface area contributed by atoms with E-state index in [1.54, 1.807) is 6.92 Å². The van der Waals surface area contributed by atoms with Crippen LogP contribution in [0.15, 0.2) is 35.1 Å². The summed E-state index contributed by atoms with van der Waals surface area (Å²) in [7, 11) is 1.91. The molecule has 1 saturated heterocycles. The first kappa shape index (κ1) is 15.8. The van der Waals surface area contributed by atoms with Crippen LogP contribution in [0.4, 0.5) is 0 Å². The number of ether oxygens (including phenoxy) is 2. The Balaban J connectivity index is 1.56. The first-order chi connectivity index (χ1) is 12.1. The van der Waals surface area contributed by atoms with Crippen molar-refractivity contribution in [2.24, 2.45) is 7.05 Å². The fourth-order valence-corrected chi connectivity index (χ4v) is 3.22. The summed E-state index contributed by atoms with van der Waals surface area (Å²) in [4.78, 5) is 21.1. The molecule has 0 amide bonds. The number of carbonyl (C=O) groups is 1. The number of benzene rings is 1. The summed E-state index contributed by atoms with van der Waals surface area (Å²) in [5, 5.41) is 0. The summed E-state index contributed by atoms with van der Waals surface area (Å²) >= 11 is 0. The van der Waals surface area contributed by atoms with Crippen LogP contribution in [0.25, 0.3) is 11.0 Å². The lowest BCUT2D eigenvalue weighted by Gasteiger charge is -2.13. The highest BCUT2D eigenvalue weighted by molar-refractivity contribution is 5.88. The van der Waals surface area contributed by atoms with Gasteiger partial charge in [-0.2, -0.15) is 0 Å². The highest BCUT2D eigenvalue weighted by Crippen LogP contribution is 2.31. The van der Waals surface area contributed by atoms with Gasteiger partial charge in [0, 0.05) is 13.7 Å². The molecule has 1 aliphatic rings. The lowest BCUT2D eigenvalue weighted by molar-refractivity contribution is 0.0294. The summed E-state index contributed by atoms with van der Waals surface area (Å²) in [6.45, 7) is 2.46. The van der Waals surface area contributed by atoms with E-state index < -0.39 is 12.1 Å². The molecule has 0 spiro atoms. The molecule has 130 valence electrons. The average molecular weight is 341 g/mol. The number of hydrogen-bond acceptors (Lipinski definition) is 6. The molecular formula is C18H19N3O4. The molecule has 0 saturated carbocycles. The summed E-state index contributed by atoms with van der Waals surface area (Å²) < 4.78 is 18.5. The fourth-order valence-electron chi connectivity index (χ4n) is 3.22. The number of nitrogens with zero attached hydrogens (tertiary/aromatic N) is 3. The predicted octanol–water partition coefficient (Wildman–Crippen LogP) is 3.33. The SMILES string of the molecule is C[C@@H](OC(=O)c1ncoc1[C@H]1CCCO1)c1nc2ccccc2n1C. The summed E-state index contributed by atoms with van der Waals surface area (Å²) in [6.07, 6.45) is 2.27. The normalized spacial score (nSPS) is 18.6. The molecule has 4 rings (SSSR count). The molecule has 3 aromatic rings. The topological polar surface area (TPSA) is 79.4 Å². The van der Waals surface area contributed by atoms with Gasteiger partial charge in [0.25, 0.3) is 0 Å². The van der Waals surface area contributed by atoms with Gasteiger partial charge in [0.1, 0.15) is 6.10 Å². The quantitative estimate of drug-likeness (QED) is 0.677. The van der Waals surface area contributed by atoms with Crippen molar-refractivity contribution in [1.29, 1.82) is 0 Å². The summed E-state index contributed by atoms with van der Waals surface area (Å²) in [5.41, 5.74) is 2.03. The monoisotopic (exact) mass is 341 g/mol. The van der Waals surface area contributed by atoms with Gasteiger partial charge in [-0.1, -0.05) is 12.1 Å². The number of oxazole rings is 1. The van der Waals surface area contributed by atoms with Crippen molar-refractivity contribution >= 4 is 17.0 Å². The molecule has 25 heavy (non-hydrogen) atoms. The Hall–Kier alpha value is -2.67. The van der Waals surface area contributed by atoms with E-state index in [1.165, 1.54) is 6.39 Å². The zero-order chi connectivity index (χ0) is 17.4. The number of aryl methyl sites for hydroxylation is 1. The number of para-hydroxylation sites is 2. The van der Waals surface area contributed by atoms with Crippen LogP contribution >= 0.6 is 0 Å². The van der Waals surface area contributed by atoms with Crippen LogP contribution in [0.5, 0.6) is 0 Å². The number of carbonyl (C=O) groups excluding carboxylic acids is 1. The van der Waals surface area contributed by atoms with E-state index in [0.717, 1.165) is 23.9 Å². The van der Waals surface area contributed by atoms with E-state index in [4.69, 9.17) is 13.9 Å². The maximum absolute atomic E-state index is 12.6. The Kier molecular flexibility index (Phi) is 4.01. The molecule has 2 atom stereocenters. The van der Waals surface area contributed by atoms with Crippen molar-refractivity contribution in [3.8, 4) is 0 Å². The number of aromatic nitrogens is 3. The van der Waals surface area contributed by atoms with Gasteiger partial charge < -0.3 is 18.5 Å². The second-order valence-electron chi connectivity index (χ2n) is 6.13. The number of esters is 1. The molecule has 2 aromatic heterocycles. The van der Waals surface area contributed by atoms with Gasteiger partial charge in [-0.25, -0.2) is 14.8 Å². The van der Waals surface area contributed by atoms with Gasteiger partial charge >= 0.3 is 5.97 Å². The van der Waals surface area contributed by atoms with Crippen LogP contribution < -0.4 is 0 Å². The van der Waals surface area contributed by atoms with Gasteiger partial charge in [0.15, 0.2) is 29.8 Å². The number of imidazole rings is 1. The third-order valence-electron chi connectivity index (χ3n) is 4.48. The largest absolute Gasteiger partial charge is 0.450 e. The van der Waals surface area contributed by atoms with Crippen molar-refractivity contribution in [3.05, 3.63) is 47.9 Å². The second kappa shape index (κ2) is 6.33. The zero-order valence-electron chi connectivity index (χ0n) is 14.1. The summed E-state index contributed by atoms with van der Waals surface area (Å²) in [5.74, 6) is 0.593. The van der Waals surface area contributed by atoms with Gasteiger partial charge in [-0.3, -0.25) is 0 Å². The third kappa shape index (κ3) is 2.80. The fraction of sp³-hybridized carbons (Fsp3) is 0.389. The van der Waals surface area contributed by atoms with Crippen LogP contribution in [0.3, 0.4) is 0 Å². The molecular weight excluding hydrogens is 322 g/mol. The maximum Gasteiger partial charge on any atom is 0.361 e. The Morgan fingerprint density at radius 1 is 1.40 bits per heavy atom. The van der Waals surface area contributed by atoms with Crippen molar-refractivity contribution in [2.75, 3.05) is 6.61 Å². The third-order valence-corrected chi connectivity index (χ3v) is 4.48. The Morgan fingerprint density at radius 3 is 3.00 bits per heavy atom. The van der Waals surface area contributed by atoms with E-state index in [9.17, 15) is 4.79 Å². The van der Waals surface area contributed by atoms with Gasteiger partial charge in [-0.15, -0.1) is 0 Å². The van der Waals surface area contributed by atoms with Crippen molar-refractivity contribution < 1.29 is 18.7 Å². The standard InChI is InChI=1S/C18H19N3O4/c1-11(17-20-12-6-3-4-7-13(12)21(17)2)25-18(22)15-16(24-10-19-15)14-8-5-9-23-14/h3-4,6-7,10-11,14H,5,8-9H2,1-2H3/t11-,14-/m1/s1. The molecule has 0 aliphatic carbocycles. The minimum Gasteiger partial charge on any atom is -0.450 e. The van der Waals surface area contributed by atoms with Crippen LogP contribution in [0.2, 0.25) is 0 Å². The molecule has 0 bridgehead atoms. The predicted molar refractivity (Wildman–Crippen MR) is 89.0 cm³/mol. The van der Waals surface area contributed by atoms with E-state index in [1.807, 2.05) is 35.9 Å². The average Bonchev–Trinajstić information content (AvgIpc) is 3.34. The van der Waals surface area contributed by atoms with Crippen LogP contribution in [0.1, 0.15) is 54.0 Å². The van der Waals surface area contributed by atoms with Crippen LogP contribution in [-0.2, 0) is 16.5 Å². The highest BCUT2D eigenvalue weighted by Gasteiger charge is 2.30. The molecule has 0 unspecified atom stereocenters. The lowest BCUT2D eigenvalue weighted by Crippen LogP contribution is -2.15. The molecule has 1 aromatic carbocycles. The first-order valence-electron chi connectivity index (χ1n) is 8.32. The zero-order valence-corrected chi connectivity index (χ0v) is 14.1. The van der Waals surface area contributed by atoms with E-state index >= 15 is 0 Å². The minimum absolute atomic E-state index is 0.178. The molecule has 7 nitrogen and oxygen atoms in total. The molecule has 0 radical (unpaired) electrons. The molecule has 0 N–H and O–H groups in total. The molecule has 3 heterocycles.